The second-order valence-corrected chi connectivity index (χ2v) is 2.12. The SMILES string of the molecule is CC.Cc1cnc(C)c(O)c1. The van der Waals surface area contributed by atoms with E-state index < -0.39 is 0 Å². The molecule has 1 aromatic heterocycles. The van der Waals surface area contributed by atoms with Crippen LogP contribution in [0.4, 0.5) is 0 Å². The maximum Gasteiger partial charge on any atom is 0.137 e. The highest BCUT2D eigenvalue weighted by Gasteiger charge is 1.93. The number of hydrogen-bond donors (Lipinski definition) is 1. The van der Waals surface area contributed by atoms with Crippen molar-refractivity contribution in [3.63, 3.8) is 0 Å². The van der Waals surface area contributed by atoms with Gasteiger partial charge < -0.3 is 5.11 Å². The van der Waals surface area contributed by atoms with Crippen molar-refractivity contribution >= 4 is 0 Å². The molecule has 0 amide bonds. The molecular weight excluding hydrogens is 138 g/mol. The summed E-state index contributed by atoms with van der Waals surface area (Å²) in [7, 11) is 0. The van der Waals surface area contributed by atoms with Crippen molar-refractivity contribution in [2.45, 2.75) is 27.7 Å². The van der Waals surface area contributed by atoms with Gasteiger partial charge in [-0.2, -0.15) is 0 Å². The fourth-order valence-electron chi connectivity index (χ4n) is 0.622. The Kier molecular flexibility index (Phi) is 4.27. The number of rotatable bonds is 0. The van der Waals surface area contributed by atoms with Crippen molar-refractivity contribution in [3.8, 4) is 5.75 Å². The van der Waals surface area contributed by atoms with Crippen LogP contribution >= 0.6 is 0 Å². The zero-order valence-electron chi connectivity index (χ0n) is 7.55. The van der Waals surface area contributed by atoms with Crippen LogP contribution in [0.25, 0.3) is 0 Å². The Morgan fingerprint density at radius 1 is 1.27 bits per heavy atom. The van der Waals surface area contributed by atoms with Gasteiger partial charge in [0, 0.05) is 6.20 Å². The van der Waals surface area contributed by atoms with E-state index in [1.807, 2.05) is 20.8 Å². The summed E-state index contributed by atoms with van der Waals surface area (Å²) in [6.07, 6.45) is 1.73. The van der Waals surface area contributed by atoms with Crippen molar-refractivity contribution in [1.82, 2.24) is 4.98 Å². The largest absolute Gasteiger partial charge is 0.506 e. The minimum absolute atomic E-state index is 0.273. The molecule has 1 N–H and O–H groups in total. The van der Waals surface area contributed by atoms with Gasteiger partial charge in [0.05, 0.1) is 5.69 Å². The molecule has 0 aliphatic heterocycles. The van der Waals surface area contributed by atoms with Crippen LogP contribution in [0.1, 0.15) is 25.1 Å². The van der Waals surface area contributed by atoms with E-state index in [0.717, 1.165) is 5.56 Å². The molecule has 0 aromatic carbocycles. The normalized spacial score (nSPS) is 8.36. The Morgan fingerprint density at radius 2 is 1.82 bits per heavy atom. The van der Waals surface area contributed by atoms with Crippen LogP contribution in [0.3, 0.4) is 0 Å². The van der Waals surface area contributed by atoms with Gasteiger partial charge >= 0.3 is 0 Å². The smallest absolute Gasteiger partial charge is 0.137 e. The summed E-state index contributed by atoms with van der Waals surface area (Å²) >= 11 is 0. The first-order chi connectivity index (χ1) is 5.20. The van der Waals surface area contributed by atoms with Crippen LogP contribution in [-0.2, 0) is 0 Å². The molecule has 1 rings (SSSR count). The van der Waals surface area contributed by atoms with Crippen LogP contribution in [0, 0.1) is 13.8 Å². The first kappa shape index (κ1) is 9.95. The van der Waals surface area contributed by atoms with E-state index in [2.05, 4.69) is 4.98 Å². The first-order valence-corrected chi connectivity index (χ1v) is 3.82. The van der Waals surface area contributed by atoms with Crippen LogP contribution in [0.15, 0.2) is 12.3 Å². The summed E-state index contributed by atoms with van der Waals surface area (Å²) in [5, 5.41) is 9.04. The zero-order valence-corrected chi connectivity index (χ0v) is 7.55. The molecule has 0 aliphatic carbocycles. The minimum atomic E-state index is 0.273. The summed E-state index contributed by atoms with van der Waals surface area (Å²) in [5.74, 6) is 0.273. The Hall–Kier alpha value is -1.05. The summed E-state index contributed by atoms with van der Waals surface area (Å²) in [6.45, 7) is 7.67. The predicted octanol–water partition coefficient (Wildman–Crippen LogP) is 2.43. The van der Waals surface area contributed by atoms with Gasteiger partial charge in [-0.25, -0.2) is 0 Å². The van der Waals surface area contributed by atoms with Crippen LogP contribution in [0.5, 0.6) is 5.75 Å². The molecule has 2 heteroatoms. The molecule has 2 nitrogen and oxygen atoms in total. The number of aryl methyl sites for hydroxylation is 2. The summed E-state index contributed by atoms with van der Waals surface area (Å²) in [5.41, 5.74) is 1.67. The van der Waals surface area contributed by atoms with Gasteiger partial charge in [-0.3, -0.25) is 4.98 Å². The third-order valence-corrected chi connectivity index (χ3v) is 1.20. The lowest BCUT2D eigenvalue weighted by Crippen LogP contribution is -1.81. The van der Waals surface area contributed by atoms with Gasteiger partial charge in [-0.15, -0.1) is 0 Å². The molecule has 0 spiro atoms. The topological polar surface area (TPSA) is 33.1 Å². The molecule has 0 bridgehead atoms. The highest BCUT2D eigenvalue weighted by atomic mass is 16.3. The van der Waals surface area contributed by atoms with Crippen molar-refractivity contribution in [1.29, 1.82) is 0 Å². The molecule has 0 aliphatic rings. The third-order valence-electron chi connectivity index (χ3n) is 1.20. The van der Waals surface area contributed by atoms with E-state index in [-0.39, 0.29) is 5.75 Å². The lowest BCUT2D eigenvalue weighted by molar-refractivity contribution is 0.467. The molecule has 0 saturated carbocycles. The van der Waals surface area contributed by atoms with Gasteiger partial charge in [-0.1, -0.05) is 13.8 Å². The second-order valence-electron chi connectivity index (χ2n) is 2.12. The van der Waals surface area contributed by atoms with Gasteiger partial charge in [0.25, 0.3) is 0 Å². The minimum Gasteiger partial charge on any atom is -0.506 e. The molecule has 11 heavy (non-hydrogen) atoms. The molecule has 0 atom stereocenters. The lowest BCUT2D eigenvalue weighted by atomic mass is 10.3. The van der Waals surface area contributed by atoms with E-state index >= 15 is 0 Å². The van der Waals surface area contributed by atoms with Crippen molar-refractivity contribution in [2.24, 2.45) is 0 Å². The molecular formula is C9H15NO. The van der Waals surface area contributed by atoms with E-state index in [1.165, 1.54) is 0 Å². The highest BCUT2D eigenvalue weighted by Crippen LogP contribution is 2.12. The van der Waals surface area contributed by atoms with E-state index in [4.69, 9.17) is 5.11 Å². The van der Waals surface area contributed by atoms with Crippen molar-refractivity contribution in [3.05, 3.63) is 23.5 Å². The maximum absolute atomic E-state index is 9.04. The molecule has 1 heterocycles. The predicted molar refractivity (Wildman–Crippen MR) is 46.7 cm³/mol. The van der Waals surface area contributed by atoms with Crippen LogP contribution in [-0.4, -0.2) is 10.1 Å². The molecule has 0 fully saturated rings. The van der Waals surface area contributed by atoms with Crippen LogP contribution < -0.4 is 0 Å². The maximum atomic E-state index is 9.04. The average Bonchev–Trinajstić information content (AvgIpc) is 2.02. The number of pyridine rings is 1. The zero-order chi connectivity index (χ0) is 8.85. The summed E-state index contributed by atoms with van der Waals surface area (Å²) < 4.78 is 0. The number of hydrogen-bond acceptors (Lipinski definition) is 2. The van der Waals surface area contributed by atoms with Gasteiger partial charge in [0.1, 0.15) is 5.75 Å². The van der Waals surface area contributed by atoms with E-state index in [9.17, 15) is 0 Å². The summed E-state index contributed by atoms with van der Waals surface area (Å²) in [4.78, 5) is 3.93. The molecule has 1 aromatic rings. The monoisotopic (exact) mass is 153 g/mol. The Morgan fingerprint density at radius 3 is 2.18 bits per heavy atom. The molecule has 0 unspecified atom stereocenters. The standard InChI is InChI=1S/C7H9NO.C2H6/c1-5-3-7(9)6(2)8-4-5;1-2/h3-4,9H,1-2H3;1-2H3. The first-order valence-electron chi connectivity index (χ1n) is 3.82. The van der Waals surface area contributed by atoms with Crippen molar-refractivity contribution in [2.75, 3.05) is 0 Å². The van der Waals surface area contributed by atoms with Crippen molar-refractivity contribution < 1.29 is 5.11 Å². The Labute approximate surface area is 67.9 Å². The van der Waals surface area contributed by atoms with Gasteiger partial charge in [-0.05, 0) is 25.5 Å². The fraction of sp³-hybridized carbons (Fsp3) is 0.444. The molecule has 62 valence electrons. The number of aromatic nitrogens is 1. The number of nitrogens with zero attached hydrogens (tertiary/aromatic N) is 1. The second kappa shape index (κ2) is 4.72. The number of aromatic hydroxyl groups is 1. The quantitative estimate of drug-likeness (QED) is 0.621. The molecule has 0 saturated heterocycles. The lowest BCUT2D eigenvalue weighted by Gasteiger charge is -1.96. The molecule has 0 radical (unpaired) electrons. The Balaban J connectivity index is 0.000000461. The van der Waals surface area contributed by atoms with E-state index in [0.29, 0.717) is 5.69 Å². The van der Waals surface area contributed by atoms with Crippen LogP contribution in [0.2, 0.25) is 0 Å². The average molecular weight is 153 g/mol. The van der Waals surface area contributed by atoms with Gasteiger partial charge in [0.15, 0.2) is 0 Å². The highest BCUT2D eigenvalue weighted by molar-refractivity contribution is 5.27. The third kappa shape index (κ3) is 3.03. The van der Waals surface area contributed by atoms with E-state index in [1.54, 1.807) is 19.2 Å². The summed E-state index contributed by atoms with van der Waals surface area (Å²) in [6, 6.07) is 1.70. The Bertz CT molecular complexity index is 221. The van der Waals surface area contributed by atoms with Gasteiger partial charge in [0.2, 0.25) is 0 Å². The fourth-order valence-corrected chi connectivity index (χ4v) is 0.622.